The van der Waals surface area contributed by atoms with Gasteiger partial charge >= 0.3 is 11.5 Å². The molecule has 0 radical (unpaired) electrons. The molecule has 0 aliphatic rings. The van der Waals surface area contributed by atoms with E-state index in [4.69, 9.17) is 0 Å². The van der Waals surface area contributed by atoms with Crippen LogP contribution in [0.25, 0.3) is 10.9 Å². The Bertz CT molecular complexity index is 876. The van der Waals surface area contributed by atoms with Gasteiger partial charge < -0.3 is 15.6 Å². The molecule has 4 nitrogen and oxygen atoms in total. The zero-order valence-electron chi connectivity index (χ0n) is 12.1. The Morgan fingerprint density at radius 2 is 1.75 bits per heavy atom. The fraction of sp³-hybridized carbons (Fsp3) is 0.0625. The van der Waals surface area contributed by atoms with Crippen molar-refractivity contribution in [3.05, 3.63) is 54.7 Å². The summed E-state index contributed by atoms with van der Waals surface area (Å²) in [6.07, 6.45) is 1.79. The van der Waals surface area contributed by atoms with Crippen LogP contribution in [0.4, 0.5) is 29.3 Å². The van der Waals surface area contributed by atoms with E-state index in [9.17, 15) is 18.0 Å². The van der Waals surface area contributed by atoms with E-state index in [1.54, 1.807) is 18.3 Å². The molecule has 0 saturated carbocycles. The number of rotatable bonds is 3. The van der Waals surface area contributed by atoms with Gasteiger partial charge in [0.1, 0.15) is 0 Å². The highest BCUT2D eigenvalue weighted by molar-refractivity contribution is 8.00. The van der Waals surface area contributed by atoms with Gasteiger partial charge in [-0.2, -0.15) is 13.2 Å². The van der Waals surface area contributed by atoms with E-state index in [0.717, 1.165) is 10.9 Å². The number of carbonyl (C=O) groups excluding carboxylic acids is 1. The first-order chi connectivity index (χ1) is 11.4. The first kappa shape index (κ1) is 16.3. The number of halogens is 3. The minimum Gasteiger partial charge on any atom is -0.361 e. The molecule has 0 fully saturated rings. The van der Waals surface area contributed by atoms with Crippen molar-refractivity contribution in [1.29, 1.82) is 0 Å². The molecule has 0 unspecified atom stereocenters. The largest absolute Gasteiger partial charge is 0.446 e. The summed E-state index contributed by atoms with van der Waals surface area (Å²) in [5.74, 6) is 0. The van der Waals surface area contributed by atoms with Crippen molar-refractivity contribution in [2.24, 2.45) is 0 Å². The highest BCUT2D eigenvalue weighted by Crippen LogP contribution is 2.37. The van der Waals surface area contributed by atoms with Crippen LogP contribution < -0.4 is 10.6 Å². The topological polar surface area (TPSA) is 56.9 Å². The van der Waals surface area contributed by atoms with E-state index in [2.05, 4.69) is 15.6 Å². The summed E-state index contributed by atoms with van der Waals surface area (Å²) >= 11 is -0.227. The van der Waals surface area contributed by atoms with Crippen LogP contribution in [-0.2, 0) is 0 Å². The maximum atomic E-state index is 12.4. The molecule has 3 rings (SSSR count). The van der Waals surface area contributed by atoms with Crippen LogP contribution in [0.1, 0.15) is 0 Å². The fourth-order valence-electron chi connectivity index (χ4n) is 2.19. The second-order valence-corrected chi connectivity index (χ2v) is 6.07. The lowest BCUT2D eigenvalue weighted by molar-refractivity contribution is -0.0328. The highest BCUT2D eigenvalue weighted by atomic mass is 32.2. The number of aromatic amines is 1. The van der Waals surface area contributed by atoms with Crippen molar-refractivity contribution in [2.75, 3.05) is 10.6 Å². The van der Waals surface area contributed by atoms with Gasteiger partial charge in [-0.1, -0.05) is 12.1 Å². The maximum Gasteiger partial charge on any atom is 0.446 e. The number of aromatic nitrogens is 1. The quantitative estimate of drug-likeness (QED) is 0.552. The molecule has 3 aromatic rings. The average molecular weight is 351 g/mol. The molecule has 3 N–H and O–H groups in total. The number of urea groups is 1. The predicted molar refractivity (Wildman–Crippen MR) is 89.3 cm³/mol. The first-order valence-electron chi connectivity index (χ1n) is 6.90. The van der Waals surface area contributed by atoms with E-state index >= 15 is 0 Å². The second-order valence-electron chi connectivity index (χ2n) is 4.93. The Hall–Kier alpha value is -2.61. The Morgan fingerprint density at radius 3 is 2.50 bits per heavy atom. The van der Waals surface area contributed by atoms with Crippen molar-refractivity contribution in [3.8, 4) is 0 Å². The van der Waals surface area contributed by atoms with Crippen LogP contribution in [0, 0.1) is 0 Å². The molecule has 0 spiro atoms. The molecule has 0 saturated heterocycles. The van der Waals surface area contributed by atoms with Crippen LogP contribution in [0.2, 0.25) is 0 Å². The molecule has 8 heteroatoms. The van der Waals surface area contributed by atoms with Gasteiger partial charge in [0.05, 0.1) is 0 Å². The van der Waals surface area contributed by atoms with Crippen LogP contribution in [0.5, 0.6) is 0 Å². The van der Waals surface area contributed by atoms with Crippen molar-refractivity contribution in [3.63, 3.8) is 0 Å². The van der Waals surface area contributed by atoms with Gasteiger partial charge in [0.2, 0.25) is 0 Å². The normalized spacial score (nSPS) is 11.5. The Morgan fingerprint density at radius 1 is 1.00 bits per heavy atom. The minimum absolute atomic E-state index is 0.00750. The van der Waals surface area contributed by atoms with Gasteiger partial charge in [0.25, 0.3) is 0 Å². The smallest absolute Gasteiger partial charge is 0.361 e. The maximum absolute atomic E-state index is 12.4. The number of anilines is 2. The zero-order chi connectivity index (χ0) is 17.2. The number of benzene rings is 2. The molecule has 0 atom stereocenters. The molecule has 0 bridgehead atoms. The zero-order valence-corrected chi connectivity index (χ0v) is 13.0. The van der Waals surface area contributed by atoms with Gasteiger partial charge in [-0.3, -0.25) is 0 Å². The molecule has 1 heterocycles. The predicted octanol–water partition coefficient (Wildman–Crippen LogP) is 5.42. The lowest BCUT2D eigenvalue weighted by Crippen LogP contribution is -2.19. The first-order valence-corrected chi connectivity index (χ1v) is 7.72. The van der Waals surface area contributed by atoms with Crippen LogP contribution in [-0.4, -0.2) is 16.5 Å². The molecule has 2 aromatic carbocycles. The summed E-state index contributed by atoms with van der Waals surface area (Å²) in [5, 5.41) is 6.17. The summed E-state index contributed by atoms with van der Waals surface area (Å²) in [4.78, 5) is 15.0. The summed E-state index contributed by atoms with van der Waals surface area (Å²) in [6, 6.07) is 12.3. The molecule has 24 heavy (non-hydrogen) atoms. The molecular weight excluding hydrogens is 339 g/mol. The van der Waals surface area contributed by atoms with E-state index < -0.39 is 11.5 Å². The van der Waals surface area contributed by atoms with Gasteiger partial charge in [0.15, 0.2) is 0 Å². The van der Waals surface area contributed by atoms with Gasteiger partial charge in [-0.05, 0) is 53.5 Å². The van der Waals surface area contributed by atoms with E-state index in [0.29, 0.717) is 5.69 Å². The number of hydrogen-bond acceptors (Lipinski definition) is 2. The molecular formula is C16H12F3N3OS. The summed E-state index contributed by atoms with van der Waals surface area (Å²) < 4.78 is 37.2. The number of nitrogens with one attached hydrogen (secondary N) is 3. The number of carbonyl (C=O) groups is 1. The van der Waals surface area contributed by atoms with Crippen LogP contribution in [0.15, 0.2) is 59.6 Å². The van der Waals surface area contributed by atoms with Crippen molar-refractivity contribution in [1.82, 2.24) is 4.98 Å². The van der Waals surface area contributed by atoms with Crippen molar-refractivity contribution in [2.45, 2.75) is 10.4 Å². The molecule has 2 amide bonds. The number of alkyl halides is 3. The summed E-state index contributed by atoms with van der Waals surface area (Å²) in [6.45, 7) is 0. The van der Waals surface area contributed by atoms with Crippen molar-refractivity contribution < 1.29 is 18.0 Å². The summed E-state index contributed by atoms with van der Waals surface area (Å²) in [5.41, 5.74) is -2.64. The van der Waals surface area contributed by atoms with Crippen molar-refractivity contribution >= 4 is 40.1 Å². The molecule has 1 aromatic heterocycles. The third-order valence-electron chi connectivity index (χ3n) is 3.14. The van der Waals surface area contributed by atoms with E-state index in [1.165, 1.54) is 24.3 Å². The van der Waals surface area contributed by atoms with Gasteiger partial charge in [-0.25, -0.2) is 4.79 Å². The Kier molecular flexibility index (Phi) is 4.39. The number of fused-ring (bicyclic) bond motifs is 1. The van der Waals surface area contributed by atoms with E-state index in [1.807, 2.05) is 12.1 Å². The molecule has 0 aliphatic heterocycles. The lowest BCUT2D eigenvalue weighted by Gasteiger charge is -2.10. The summed E-state index contributed by atoms with van der Waals surface area (Å²) in [7, 11) is 0. The Labute approximate surface area is 139 Å². The van der Waals surface area contributed by atoms with Gasteiger partial charge in [0, 0.05) is 28.0 Å². The van der Waals surface area contributed by atoms with E-state index in [-0.39, 0.29) is 22.3 Å². The van der Waals surface area contributed by atoms with Crippen LogP contribution in [0.3, 0.4) is 0 Å². The third kappa shape index (κ3) is 4.23. The number of amides is 2. The number of hydrogen-bond donors (Lipinski definition) is 3. The lowest BCUT2D eigenvalue weighted by atomic mass is 10.2. The number of H-pyrrole nitrogens is 1. The standard InChI is InChI=1S/C16H12F3N3OS/c17-16(18,19)24-13-3-1-2-11(8-13)21-15(23)22-12-5-4-10-6-7-20-14(10)9-12/h1-9,20H,(H2,21,22,23). The molecule has 0 aliphatic carbocycles. The van der Waals surface area contributed by atoms with Crippen LogP contribution >= 0.6 is 11.8 Å². The second kappa shape index (κ2) is 6.48. The van der Waals surface area contributed by atoms with Gasteiger partial charge in [-0.15, -0.1) is 0 Å². The monoisotopic (exact) mass is 351 g/mol. The SMILES string of the molecule is O=C(Nc1cccc(SC(F)(F)F)c1)Nc1ccc2cc[nH]c2c1. The third-order valence-corrected chi connectivity index (χ3v) is 3.86. The Balaban J connectivity index is 1.67. The fourth-order valence-corrected chi connectivity index (χ4v) is 2.79. The highest BCUT2D eigenvalue weighted by Gasteiger charge is 2.29. The minimum atomic E-state index is -4.37. The molecule has 124 valence electrons. The number of thioether (sulfide) groups is 1. The average Bonchev–Trinajstić information content (AvgIpc) is 2.93.